The number of hydrogen-bond donors (Lipinski definition) is 4. The summed E-state index contributed by atoms with van der Waals surface area (Å²) in [5.74, 6) is 2.15. The summed E-state index contributed by atoms with van der Waals surface area (Å²) in [5, 5.41) is 26.7. The van der Waals surface area contributed by atoms with Crippen LogP contribution in [-0.4, -0.2) is 60.3 Å². The number of piperidine rings is 1. The van der Waals surface area contributed by atoms with Gasteiger partial charge in [0.1, 0.15) is 11.3 Å². The van der Waals surface area contributed by atoms with E-state index < -0.39 is 6.10 Å². The van der Waals surface area contributed by atoms with Gasteiger partial charge in [0.25, 0.3) is 0 Å². The van der Waals surface area contributed by atoms with Crippen molar-refractivity contribution in [3.05, 3.63) is 41.9 Å². The van der Waals surface area contributed by atoms with Crippen LogP contribution in [0.15, 0.2) is 30.6 Å². The molecule has 0 spiro atoms. The molecular weight excluding hydrogens is 430 g/mol. The number of aromatic nitrogens is 4. The number of pyridine rings is 2. The number of likely N-dealkylation sites (tertiary alicyclic amines) is 1. The Hall–Kier alpha value is -2.88. The largest absolute Gasteiger partial charge is 0.396 e. The summed E-state index contributed by atoms with van der Waals surface area (Å²) in [4.78, 5) is 20.7. The molecule has 0 amide bonds. The fraction of sp³-hybridized carbons (Fsp3) is 0.520. The van der Waals surface area contributed by atoms with Crippen LogP contribution >= 0.6 is 0 Å². The molecule has 9 heteroatoms. The molecule has 0 bridgehead atoms. The third-order valence-corrected chi connectivity index (χ3v) is 5.94. The second-order valence-corrected chi connectivity index (χ2v) is 10.2. The molecule has 1 aliphatic rings. The van der Waals surface area contributed by atoms with Gasteiger partial charge in [-0.3, -0.25) is 4.90 Å². The first-order chi connectivity index (χ1) is 16.2. The maximum atomic E-state index is 10.0. The molecule has 0 radical (unpaired) electrons. The van der Waals surface area contributed by atoms with Crippen LogP contribution < -0.4 is 10.6 Å². The number of rotatable bonds is 7. The minimum Gasteiger partial charge on any atom is -0.396 e. The average molecular weight is 466 g/mol. The van der Waals surface area contributed by atoms with Gasteiger partial charge in [-0.15, -0.1) is 0 Å². The molecule has 4 rings (SSSR count). The quantitative estimate of drug-likeness (QED) is 0.415. The predicted octanol–water partition coefficient (Wildman–Crippen LogP) is 3.63. The highest BCUT2D eigenvalue weighted by atomic mass is 16.3. The second-order valence-electron chi connectivity index (χ2n) is 10.2. The van der Waals surface area contributed by atoms with Gasteiger partial charge in [0.2, 0.25) is 5.95 Å². The Morgan fingerprint density at radius 2 is 1.88 bits per heavy atom. The summed E-state index contributed by atoms with van der Waals surface area (Å²) in [7, 11) is 0. The van der Waals surface area contributed by atoms with Gasteiger partial charge in [0.05, 0.1) is 11.8 Å². The lowest BCUT2D eigenvalue weighted by Crippen LogP contribution is -2.34. The van der Waals surface area contributed by atoms with Crippen molar-refractivity contribution in [2.24, 2.45) is 5.92 Å². The van der Waals surface area contributed by atoms with E-state index in [-0.39, 0.29) is 12.1 Å². The molecule has 9 nitrogen and oxygen atoms in total. The van der Waals surface area contributed by atoms with Crippen molar-refractivity contribution in [2.75, 3.05) is 30.3 Å². The second kappa shape index (κ2) is 10.2. The summed E-state index contributed by atoms with van der Waals surface area (Å²) in [5.41, 5.74) is 2.18. The Morgan fingerprint density at radius 1 is 1.12 bits per heavy atom. The van der Waals surface area contributed by atoms with Gasteiger partial charge in [-0.1, -0.05) is 6.07 Å². The zero-order valence-electron chi connectivity index (χ0n) is 20.4. The van der Waals surface area contributed by atoms with Crippen molar-refractivity contribution in [2.45, 2.75) is 58.7 Å². The first-order valence-electron chi connectivity index (χ1n) is 11.9. The molecule has 182 valence electrons. The van der Waals surface area contributed by atoms with Crippen molar-refractivity contribution < 1.29 is 10.2 Å². The highest BCUT2D eigenvalue weighted by molar-refractivity contribution is 5.89. The van der Waals surface area contributed by atoms with Crippen LogP contribution in [-0.2, 0) is 6.54 Å². The zero-order chi connectivity index (χ0) is 24.3. The number of anilines is 3. The van der Waals surface area contributed by atoms with Gasteiger partial charge >= 0.3 is 0 Å². The molecule has 1 atom stereocenters. The number of aliphatic hydroxyl groups excluding tert-OH is 2. The van der Waals surface area contributed by atoms with E-state index in [4.69, 9.17) is 0 Å². The molecule has 0 saturated carbocycles. The van der Waals surface area contributed by atoms with Crippen LogP contribution in [0.5, 0.6) is 0 Å². The van der Waals surface area contributed by atoms with Crippen LogP contribution in [0.3, 0.4) is 0 Å². The maximum Gasteiger partial charge on any atom is 0.229 e. The fourth-order valence-electron chi connectivity index (χ4n) is 4.07. The Kier molecular flexibility index (Phi) is 7.25. The summed E-state index contributed by atoms with van der Waals surface area (Å²) >= 11 is 0. The van der Waals surface area contributed by atoms with Crippen molar-refractivity contribution in [3.8, 4) is 0 Å². The number of fused-ring (bicyclic) bond motifs is 1. The minimum absolute atomic E-state index is 0.222. The summed E-state index contributed by atoms with van der Waals surface area (Å²) in [6.45, 7) is 11.0. The Morgan fingerprint density at radius 3 is 2.50 bits per heavy atom. The van der Waals surface area contributed by atoms with E-state index in [9.17, 15) is 10.2 Å². The van der Waals surface area contributed by atoms with E-state index >= 15 is 0 Å². The molecule has 0 aliphatic carbocycles. The van der Waals surface area contributed by atoms with Crippen LogP contribution in [0, 0.1) is 5.92 Å². The predicted molar refractivity (Wildman–Crippen MR) is 134 cm³/mol. The molecule has 4 N–H and O–H groups in total. The number of hydrogen-bond acceptors (Lipinski definition) is 9. The number of nitrogens with zero attached hydrogens (tertiary/aromatic N) is 5. The van der Waals surface area contributed by atoms with Gasteiger partial charge in [0, 0.05) is 36.5 Å². The molecule has 1 saturated heterocycles. The zero-order valence-corrected chi connectivity index (χ0v) is 20.4. The van der Waals surface area contributed by atoms with E-state index in [0.29, 0.717) is 34.7 Å². The Bertz CT molecular complexity index is 1100. The first-order valence-corrected chi connectivity index (χ1v) is 11.9. The summed E-state index contributed by atoms with van der Waals surface area (Å²) in [6, 6.07) is 5.82. The first kappa shape index (κ1) is 24.3. The summed E-state index contributed by atoms with van der Waals surface area (Å²) in [6.07, 6.45) is 5.01. The maximum absolute atomic E-state index is 10.0. The van der Waals surface area contributed by atoms with Crippen LogP contribution in [0.4, 0.5) is 17.6 Å². The molecule has 1 aliphatic heterocycles. The molecule has 3 aromatic heterocycles. The van der Waals surface area contributed by atoms with E-state index in [2.05, 4.69) is 62.3 Å². The molecule has 34 heavy (non-hydrogen) atoms. The SMILES string of the molecule is C[C@@H](O)c1cc2cnc(Nc3ccc(CN4CCC(CO)CC4)cn3)nc2c(NC(C)(C)C)n1. The van der Waals surface area contributed by atoms with E-state index in [0.717, 1.165) is 43.4 Å². The van der Waals surface area contributed by atoms with E-state index in [1.165, 1.54) is 0 Å². The van der Waals surface area contributed by atoms with Crippen molar-refractivity contribution in [3.63, 3.8) is 0 Å². The van der Waals surface area contributed by atoms with Crippen LogP contribution in [0.1, 0.15) is 57.9 Å². The molecule has 1 fully saturated rings. The van der Waals surface area contributed by atoms with Crippen LogP contribution in [0.2, 0.25) is 0 Å². The molecule has 0 aromatic carbocycles. The van der Waals surface area contributed by atoms with E-state index in [1.54, 1.807) is 13.1 Å². The smallest absolute Gasteiger partial charge is 0.229 e. The summed E-state index contributed by atoms with van der Waals surface area (Å²) < 4.78 is 0. The number of aliphatic hydroxyl groups is 2. The lowest BCUT2D eigenvalue weighted by atomic mass is 9.98. The van der Waals surface area contributed by atoms with Gasteiger partial charge in [0.15, 0.2) is 5.82 Å². The highest BCUT2D eigenvalue weighted by Gasteiger charge is 2.19. The molecule has 0 unspecified atom stereocenters. The standard InChI is InChI=1S/C25H35N7O2/c1-16(34)20-11-19-13-27-24(30-22(19)23(28-20)31-25(2,3)4)29-21-6-5-18(12-26-21)14-32-9-7-17(15-33)8-10-32/h5-6,11-13,16-17,33-34H,7-10,14-15H2,1-4H3,(H,28,31)(H,26,27,29,30)/t16-/m1/s1. The van der Waals surface area contributed by atoms with Crippen LogP contribution in [0.25, 0.3) is 10.9 Å². The average Bonchev–Trinajstić information content (AvgIpc) is 2.80. The van der Waals surface area contributed by atoms with Crippen molar-refractivity contribution in [1.82, 2.24) is 24.8 Å². The third kappa shape index (κ3) is 6.16. The van der Waals surface area contributed by atoms with Crippen molar-refractivity contribution in [1.29, 1.82) is 0 Å². The molecule has 3 aromatic rings. The fourth-order valence-corrected chi connectivity index (χ4v) is 4.07. The van der Waals surface area contributed by atoms with Crippen molar-refractivity contribution >= 4 is 28.5 Å². The topological polar surface area (TPSA) is 119 Å². The van der Waals surface area contributed by atoms with Gasteiger partial charge in [-0.25, -0.2) is 19.9 Å². The monoisotopic (exact) mass is 465 g/mol. The lowest BCUT2D eigenvalue weighted by Gasteiger charge is -2.30. The minimum atomic E-state index is -0.688. The molecule has 4 heterocycles. The van der Waals surface area contributed by atoms with Gasteiger partial charge < -0.3 is 20.8 Å². The van der Waals surface area contributed by atoms with Gasteiger partial charge in [-0.05, 0) is 77.2 Å². The van der Waals surface area contributed by atoms with Gasteiger partial charge in [-0.2, -0.15) is 0 Å². The Balaban J connectivity index is 1.49. The normalized spacial score (nSPS) is 16.5. The van der Waals surface area contributed by atoms with E-state index in [1.807, 2.05) is 18.3 Å². The molecular formula is C25H35N7O2. The highest BCUT2D eigenvalue weighted by Crippen LogP contribution is 2.27. The number of nitrogens with one attached hydrogen (secondary N) is 2. The lowest BCUT2D eigenvalue weighted by molar-refractivity contribution is 0.127. The Labute approximate surface area is 200 Å². The third-order valence-electron chi connectivity index (χ3n) is 5.94.